The predicted octanol–water partition coefficient (Wildman–Crippen LogP) is 3.94. The Bertz CT molecular complexity index is 1210. The zero-order valence-corrected chi connectivity index (χ0v) is 18.0. The summed E-state index contributed by atoms with van der Waals surface area (Å²) in [7, 11) is 0. The Hall–Kier alpha value is -2.58. The minimum atomic E-state index is 0.0508. The summed E-state index contributed by atoms with van der Waals surface area (Å²) in [6.07, 6.45) is 3.99. The van der Waals surface area contributed by atoms with Crippen molar-refractivity contribution < 1.29 is 4.79 Å². The number of imidazole rings is 1. The SMILES string of the molecule is CSc1cccc2sc(N3CCN(C(=O)c4c(C)nc5ccccn45)CC3)nc12. The minimum absolute atomic E-state index is 0.0508. The molecule has 0 saturated carbocycles. The Morgan fingerprint density at radius 2 is 1.90 bits per heavy atom. The number of thioether (sulfide) groups is 1. The molecule has 148 valence electrons. The van der Waals surface area contributed by atoms with Crippen LogP contribution in [-0.4, -0.2) is 57.6 Å². The van der Waals surface area contributed by atoms with Gasteiger partial charge >= 0.3 is 0 Å². The van der Waals surface area contributed by atoms with Gasteiger partial charge in [-0.2, -0.15) is 0 Å². The van der Waals surface area contributed by atoms with Crippen molar-refractivity contribution in [3.63, 3.8) is 0 Å². The van der Waals surface area contributed by atoms with Crippen molar-refractivity contribution in [1.82, 2.24) is 19.3 Å². The van der Waals surface area contributed by atoms with Crippen LogP contribution in [0.3, 0.4) is 0 Å². The first kappa shape index (κ1) is 18.4. The Balaban J connectivity index is 1.35. The van der Waals surface area contributed by atoms with E-state index >= 15 is 0 Å². The van der Waals surface area contributed by atoms with Crippen LogP contribution < -0.4 is 4.90 Å². The zero-order chi connectivity index (χ0) is 20.0. The summed E-state index contributed by atoms with van der Waals surface area (Å²) in [4.78, 5) is 28.0. The summed E-state index contributed by atoms with van der Waals surface area (Å²) in [5.74, 6) is 0.0508. The van der Waals surface area contributed by atoms with E-state index in [2.05, 4.69) is 34.3 Å². The Morgan fingerprint density at radius 1 is 1.07 bits per heavy atom. The highest BCUT2D eigenvalue weighted by Gasteiger charge is 2.27. The average molecular weight is 424 g/mol. The maximum atomic E-state index is 13.2. The fourth-order valence-corrected chi connectivity index (χ4v) is 5.51. The third kappa shape index (κ3) is 3.16. The maximum absolute atomic E-state index is 13.2. The number of nitrogens with zero attached hydrogens (tertiary/aromatic N) is 5. The zero-order valence-electron chi connectivity index (χ0n) is 16.3. The number of rotatable bonds is 3. The lowest BCUT2D eigenvalue weighted by molar-refractivity contribution is 0.0739. The summed E-state index contributed by atoms with van der Waals surface area (Å²) in [6.45, 7) is 4.85. The number of hydrogen-bond donors (Lipinski definition) is 0. The first-order valence-corrected chi connectivity index (χ1v) is 11.6. The Morgan fingerprint density at radius 3 is 2.69 bits per heavy atom. The fourth-order valence-electron chi connectivity index (χ4n) is 3.83. The van der Waals surface area contributed by atoms with Gasteiger partial charge in [0.05, 0.1) is 15.9 Å². The largest absolute Gasteiger partial charge is 0.345 e. The van der Waals surface area contributed by atoms with Gasteiger partial charge in [0, 0.05) is 37.3 Å². The van der Waals surface area contributed by atoms with Crippen LogP contribution in [0.2, 0.25) is 0 Å². The molecule has 4 aromatic rings. The third-order valence-corrected chi connectivity index (χ3v) is 7.19. The average Bonchev–Trinajstić information content (AvgIpc) is 3.33. The molecule has 29 heavy (non-hydrogen) atoms. The normalized spacial score (nSPS) is 14.8. The van der Waals surface area contributed by atoms with Crippen molar-refractivity contribution in [2.24, 2.45) is 0 Å². The van der Waals surface area contributed by atoms with Gasteiger partial charge in [-0.05, 0) is 37.4 Å². The van der Waals surface area contributed by atoms with Crippen molar-refractivity contribution in [3.8, 4) is 0 Å². The molecule has 1 amide bonds. The molecule has 0 aliphatic carbocycles. The number of carbonyl (C=O) groups excluding carboxylic acids is 1. The second kappa shape index (κ2) is 7.35. The molecule has 4 heterocycles. The van der Waals surface area contributed by atoms with Gasteiger partial charge in [-0.25, -0.2) is 9.97 Å². The molecule has 0 unspecified atom stereocenters. The molecule has 3 aromatic heterocycles. The van der Waals surface area contributed by atoms with E-state index in [0.717, 1.165) is 35.1 Å². The van der Waals surface area contributed by atoms with Crippen LogP contribution >= 0.6 is 23.1 Å². The molecule has 0 atom stereocenters. The number of hydrogen-bond acceptors (Lipinski definition) is 6. The molecular weight excluding hydrogens is 402 g/mol. The molecular formula is C21H21N5OS2. The van der Waals surface area contributed by atoms with E-state index in [1.807, 2.05) is 40.6 Å². The highest BCUT2D eigenvalue weighted by atomic mass is 32.2. The number of para-hydroxylation sites is 1. The van der Waals surface area contributed by atoms with Gasteiger partial charge in [-0.15, -0.1) is 11.8 Å². The topological polar surface area (TPSA) is 53.7 Å². The van der Waals surface area contributed by atoms with Gasteiger partial charge in [0.1, 0.15) is 11.3 Å². The van der Waals surface area contributed by atoms with Gasteiger partial charge in [-0.1, -0.05) is 23.5 Å². The van der Waals surface area contributed by atoms with Crippen LogP contribution in [0, 0.1) is 6.92 Å². The number of aryl methyl sites for hydroxylation is 1. The standard InChI is InChI=1S/C21H21N5OS2/c1-14-19(26-9-4-3-8-17(26)22-14)20(27)24-10-12-25(13-11-24)21-23-18-15(28-2)6-5-7-16(18)29-21/h3-9H,10-13H2,1-2H3. The number of piperazine rings is 1. The van der Waals surface area contributed by atoms with Crippen LogP contribution in [0.5, 0.6) is 0 Å². The summed E-state index contributed by atoms with van der Waals surface area (Å²) >= 11 is 3.46. The molecule has 6 nitrogen and oxygen atoms in total. The van der Waals surface area contributed by atoms with E-state index in [1.54, 1.807) is 23.1 Å². The summed E-state index contributed by atoms with van der Waals surface area (Å²) < 4.78 is 3.10. The second-order valence-electron chi connectivity index (χ2n) is 7.06. The monoisotopic (exact) mass is 423 g/mol. The lowest BCUT2D eigenvalue weighted by Crippen LogP contribution is -2.49. The fraction of sp³-hybridized carbons (Fsp3) is 0.286. The van der Waals surface area contributed by atoms with Crippen molar-refractivity contribution in [1.29, 1.82) is 0 Å². The highest BCUT2D eigenvalue weighted by molar-refractivity contribution is 7.98. The second-order valence-corrected chi connectivity index (χ2v) is 8.91. The summed E-state index contributed by atoms with van der Waals surface area (Å²) in [5, 5.41) is 1.04. The molecule has 1 aliphatic rings. The van der Waals surface area contributed by atoms with E-state index < -0.39 is 0 Å². The van der Waals surface area contributed by atoms with E-state index in [0.29, 0.717) is 18.8 Å². The van der Waals surface area contributed by atoms with Crippen LogP contribution in [0.4, 0.5) is 5.13 Å². The van der Waals surface area contributed by atoms with Crippen LogP contribution in [-0.2, 0) is 0 Å². The van der Waals surface area contributed by atoms with Crippen LogP contribution in [0.15, 0.2) is 47.5 Å². The molecule has 1 aromatic carbocycles. The lowest BCUT2D eigenvalue weighted by Gasteiger charge is -2.34. The molecule has 0 N–H and O–H groups in total. The number of carbonyl (C=O) groups is 1. The van der Waals surface area contributed by atoms with E-state index in [1.165, 1.54) is 9.60 Å². The van der Waals surface area contributed by atoms with Crippen LogP contribution in [0.25, 0.3) is 15.9 Å². The van der Waals surface area contributed by atoms with Gasteiger partial charge < -0.3 is 9.80 Å². The first-order chi connectivity index (χ1) is 14.2. The molecule has 0 radical (unpaired) electrons. The maximum Gasteiger partial charge on any atom is 0.272 e. The van der Waals surface area contributed by atoms with Gasteiger partial charge in [0.2, 0.25) is 0 Å². The van der Waals surface area contributed by atoms with Crippen molar-refractivity contribution in [2.45, 2.75) is 11.8 Å². The molecule has 8 heteroatoms. The number of amides is 1. The van der Waals surface area contributed by atoms with Crippen LogP contribution in [0.1, 0.15) is 16.2 Å². The van der Waals surface area contributed by atoms with E-state index in [-0.39, 0.29) is 5.91 Å². The molecule has 5 rings (SSSR count). The summed E-state index contributed by atoms with van der Waals surface area (Å²) in [5.41, 5.74) is 3.34. The number of thiazole rings is 1. The van der Waals surface area contributed by atoms with Crippen molar-refractivity contribution in [3.05, 3.63) is 54.0 Å². The smallest absolute Gasteiger partial charge is 0.272 e. The number of aromatic nitrogens is 3. The Kier molecular flexibility index (Phi) is 4.67. The number of benzene rings is 1. The molecule has 0 bridgehead atoms. The van der Waals surface area contributed by atoms with Gasteiger partial charge in [0.15, 0.2) is 5.13 Å². The van der Waals surface area contributed by atoms with E-state index in [4.69, 9.17) is 4.98 Å². The number of fused-ring (bicyclic) bond motifs is 2. The quantitative estimate of drug-likeness (QED) is 0.467. The van der Waals surface area contributed by atoms with Crippen molar-refractivity contribution in [2.75, 3.05) is 37.3 Å². The Labute approximate surface area is 177 Å². The van der Waals surface area contributed by atoms with Gasteiger partial charge in [0.25, 0.3) is 5.91 Å². The third-order valence-electron chi connectivity index (χ3n) is 5.33. The van der Waals surface area contributed by atoms with Gasteiger partial charge in [-0.3, -0.25) is 9.20 Å². The highest BCUT2D eigenvalue weighted by Crippen LogP contribution is 2.34. The molecule has 1 fully saturated rings. The van der Waals surface area contributed by atoms with Crippen molar-refractivity contribution >= 4 is 50.0 Å². The summed E-state index contributed by atoms with van der Waals surface area (Å²) in [6, 6.07) is 12.1. The molecule has 1 saturated heterocycles. The lowest BCUT2D eigenvalue weighted by atomic mass is 10.2. The molecule has 0 spiro atoms. The first-order valence-electron chi connectivity index (χ1n) is 9.57. The molecule has 1 aliphatic heterocycles. The number of pyridine rings is 1. The predicted molar refractivity (Wildman–Crippen MR) is 119 cm³/mol. The number of anilines is 1. The minimum Gasteiger partial charge on any atom is -0.345 e. The van der Waals surface area contributed by atoms with E-state index in [9.17, 15) is 4.79 Å².